The molecule has 0 radical (unpaired) electrons. The van der Waals surface area contributed by atoms with E-state index in [0.29, 0.717) is 16.1 Å². The van der Waals surface area contributed by atoms with Crippen LogP contribution >= 0.6 is 11.3 Å². The van der Waals surface area contributed by atoms with Crippen molar-refractivity contribution in [2.45, 2.75) is 13.3 Å². The van der Waals surface area contributed by atoms with E-state index in [2.05, 4.69) is 27.5 Å². The van der Waals surface area contributed by atoms with Crippen molar-refractivity contribution in [2.75, 3.05) is 48.8 Å². The molecule has 33 heavy (non-hydrogen) atoms. The number of thiophene rings is 1. The number of nitrogens with zero attached hydrogens (tertiary/aromatic N) is 2. The van der Waals surface area contributed by atoms with Crippen molar-refractivity contribution in [1.82, 2.24) is 4.90 Å². The van der Waals surface area contributed by atoms with E-state index in [1.54, 1.807) is 30.3 Å². The number of hydrogen-bond acceptors (Lipinski definition) is 6. The molecule has 3 N–H and O–H groups in total. The van der Waals surface area contributed by atoms with Gasteiger partial charge < -0.3 is 25.5 Å². The highest BCUT2D eigenvalue weighted by atomic mass is 32.1. The third-order valence-electron chi connectivity index (χ3n) is 5.71. The second-order valence-electron chi connectivity index (χ2n) is 8.21. The van der Waals surface area contributed by atoms with Crippen molar-refractivity contribution in [3.8, 4) is 5.75 Å². The number of anilines is 3. The summed E-state index contributed by atoms with van der Waals surface area (Å²) in [5.74, 6) is -0.767. The van der Waals surface area contributed by atoms with E-state index in [-0.39, 0.29) is 23.3 Å². The number of rotatable bonds is 5. The van der Waals surface area contributed by atoms with Crippen molar-refractivity contribution in [3.63, 3.8) is 0 Å². The molecule has 0 saturated carbocycles. The number of benzene rings is 2. The number of para-hydroxylation sites is 1. The third-order valence-corrected chi connectivity index (χ3v) is 6.71. The Kier molecular flexibility index (Phi) is 6.96. The number of amides is 2. The predicted octanol–water partition coefficient (Wildman–Crippen LogP) is 4.41. The van der Waals surface area contributed by atoms with Gasteiger partial charge in [-0.25, -0.2) is 0 Å². The molecule has 1 aliphatic heterocycles. The molecule has 1 fully saturated rings. The van der Waals surface area contributed by atoms with Crippen molar-refractivity contribution >= 4 is 40.2 Å². The number of hydrogen-bond donors (Lipinski definition) is 3. The van der Waals surface area contributed by atoms with Gasteiger partial charge in [0.05, 0.1) is 10.6 Å². The Morgan fingerprint density at radius 1 is 0.909 bits per heavy atom. The molecule has 1 aromatic heterocycles. The fraction of sp³-hybridized carbons (Fsp3) is 0.280. The zero-order chi connectivity index (χ0) is 23.4. The van der Waals surface area contributed by atoms with Gasteiger partial charge in [0.2, 0.25) is 0 Å². The Hall–Kier alpha value is -3.36. The van der Waals surface area contributed by atoms with Crippen LogP contribution in [0, 0.1) is 6.92 Å². The molecular formula is C25H28N4O3S. The van der Waals surface area contributed by atoms with Crippen LogP contribution in [0.4, 0.5) is 17.1 Å². The Balaban J connectivity index is 1.47. The van der Waals surface area contributed by atoms with Crippen molar-refractivity contribution < 1.29 is 14.7 Å². The molecule has 0 spiro atoms. The minimum atomic E-state index is -0.360. The standard InChI is InChI=1S/C25H28N4O3S/c1-17-7-12-22(33-17)25(32)26-20-5-3-6-21(30)23(20)27-24(31)18-8-10-19(11-9-18)29-14-4-13-28(2)15-16-29/h3,5-12,30H,4,13-16H2,1-2H3,(H,26,32)(H,27,31). The van der Waals surface area contributed by atoms with Gasteiger partial charge in [-0.3, -0.25) is 9.59 Å². The van der Waals surface area contributed by atoms with E-state index in [4.69, 9.17) is 0 Å². The normalized spacial score (nSPS) is 14.5. The first kappa shape index (κ1) is 22.8. The molecular weight excluding hydrogens is 436 g/mol. The van der Waals surface area contributed by atoms with Crippen LogP contribution in [0.5, 0.6) is 5.75 Å². The van der Waals surface area contributed by atoms with Crippen LogP contribution in [0.3, 0.4) is 0 Å². The first-order valence-electron chi connectivity index (χ1n) is 11.0. The molecule has 2 aromatic carbocycles. The van der Waals surface area contributed by atoms with Crippen LogP contribution in [0.15, 0.2) is 54.6 Å². The lowest BCUT2D eigenvalue weighted by atomic mass is 10.1. The minimum absolute atomic E-state index is 0.117. The maximum absolute atomic E-state index is 12.9. The Morgan fingerprint density at radius 3 is 2.42 bits per heavy atom. The number of phenolic OH excluding ortho intramolecular Hbond substituents is 1. The fourth-order valence-electron chi connectivity index (χ4n) is 3.83. The Bertz CT molecular complexity index is 1140. The topological polar surface area (TPSA) is 84.9 Å². The SMILES string of the molecule is Cc1ccc(C(=O)Nc2cccc(O)c2NC(=O)c2ccc(N3CCCN(C)CC3)cc2)s1. The number of nitrogens with one attached hydrogen (secondary N) is 2. The highest BCUT2D eigenvalue weighted by Crippen LogP contribution is 2.33. The van der Waals surface area contributed by atoms with Gasteiger partial charge in [-0.2, -0.15) is 0 Å². The summed E-state index contributed by atoms with van der Waals surface area (Å²) >= 11 is 1.38. The van der Waals surface area contributed by atoms with Gasteiger partial charge in [0.1, 0.15) is 11.4 Å². The molecule has 3 aromatic rings. The number of aromatic hydroxyl groups is 1. The van der Waals surface area contributed by atoms with E-state index in [1.807, 2.05) is 25.1 Å². The smallest absolute Gasteiger partial charge is 0.265 e. The van der Waals surface area contributed by atoms with Gasteiger partial charge in [-0.15, -0.1) is 11.3 Å². The number of aryl methyl sites for hydroxylation is 1. The van der Waals surface area contributed by atoms with E-state index >= 15 is 0 Å². The molecule has 4 rings (SSSR count). The van der Waals surface area contributed by atoms with Gasteiger partial charge in [-0.05, 0) is 75.5 Å². The lowest BCUT2D eigenvalue weighted by Gasteiger charge is -2.23. The summed E-state index contributed by atoms with van der Waals surface area (Å²) in [5.41, 5.74) is 2.07. The average molecular weight is 465 g/mol. The van der Waals surface area contributed by atoms with E-state index in [1.165, 1.54) is 17.4 Å². The van der Waals surface area contributed by atoms with E-state index in [0.717, 1.165) is 43.2 Å². The molecule has 1 saturated heterocycles. The molecule has 172 valence electrons. The van der Waals surface area contributed by atoms with Gasteiger partial charge in [0.15, 0.2) is 0 Å². The summed E-state index contributed by atoms with van der Waals surface area (Å²) in [6.07, 6.45) is 1.10. The van der Waals surface area contributed by atoms with Crippen LogP contribution < -0.4 is 15.5 Å². The highest BCUT2D eigenvalue weighted by molar-refractivity contribution is 7.14. The van der Waals surface area contributed by atoms with E-state index in [9.17, 15) is 14.7 Å². The van der Waals surface area contributed by atoms with Crippen LogP contribution in [0.1, 0.15) is 31.3 Å². The summed E-state index contributed by atoms with van der Waals surface area (Å²) in [4.78, 5) is 31.7. The zero-order valence-corrected chi connectivity index (χ0v) is 19.6. The van der Waals surface area contributed by atoms with Crippen LogP contribution in [-0.2, 0) is 0 Å². The van der Waals surface area contributed by atoms with Crippen LogP contribution in [-0.4, -0.2) is 55.0 Å². The largest absolute Gasteiger partial charge is 0.506 e. The van der Waals surface area contributed by atoms with Crippen LogP contribution in [0.25, 0.3) is 0 Å². The van der Waals surface area contributed by atoms with Crippen LogP contribution in [0.2, 0.25) is 0 Å². The lowest BCUT2D eigenvalue weighted by Crippen LogP contribution is -2.28. The number of phenols is 1. The fourth-order valence-corrected chi connectivity index (χ4v) is 4.59. The summed E-state index contributed by atoms with van der Waals surface area (Å²) in [7, 11) is 2.13. The summed E-state index contributed by atoms with van der Waals surface area (Å²) in [6.45, 7) is 5.96. The third kappa shape index (κ3) is 5.53. The molecule has 7 nitrogen and oxygen atoms in total. The number of carbonyl (C=O) groups excluding carboxylic acids is 2. The van der Waals surface area contributed by atoms with Gasteiger partial charge in [0.25, 0.3) is 11.8 Å². The van der Waals surface area contributed by atoms with Gasteiger partial charge in [-0.1, -0.05) is 6.07 Å². The van der Waals surface area contributed by atoms with Crippen molar-refractivity contribution in [1.29, 1.82) is 0 Å². The van der Waals surface area contributed by atoms with Crippen molar-refractivity contribution in [3.05, 3.63) is 69.9 Å². The first-order chi connectivity index (χ1) is 15.9. The van der Waals surface area contributed by atoms with Gasteiger partial charge in [0, 0.05) is 35.8 Å². The molecule has 0 atom stereocenters. The quantitative estimate of drug-likeness (QED) is 0.487. The van der Waals surface area contributed by atoms with E-state index < -0.39 is 0 Å². The average Bonchev–Trinajstić information content (AvgIpc) is 3.13. The lowest BCUT2D eigenvalue weighted by molar-refractivity contribution is 0.101. The summed E-state index contributed by atoms with van der Waals surface area (Å²) in [5, 5.41) is 15.9. The Morgan fingerprint density at radius 2 is 1.70 bits per heavy atom. The van der Waals surface area contributed by atoms with Crippen molar-refractivity contribution in [2.24, 2.45) is 0 Å². The zero-order valence-electron chi connectivity index (χ0n) is 18.8. The van der Waals surface area contributed by atoms with Gasteiger partial charge >= 0.3 is 0 Å². The Labute approximate surface area is 197 Å². The molecule has 0 unspecified atom stereocenters. The maximum atomic E-state index is 12.9. The molecule has 1 aliphatic rings. The molecule has 0 bridgehead atoms. The first-order valence-corrected chi connectivity index (χ1v) is 11.8. The molecule has 2 heterocycles. The maximum Gasteiger partial charge on any atom is 0.265 e. The minimum Gasteiger partial charge on any atom is -0.506 e. The number of carbonyl (C=O) groups is 2. The predicted molar refractivity (Wildman–Crippen MR) is 134 cm³/mol. The number of likely N-dealkylation sites (N-methyl/N-ethyl adjacent to an activating group) is 1. The second kappa shape index (κ2) is 10.1. The molecule has 8 heteroatoms. The summed E-state index contributed by atoms with van der Waals surface area (Å²) < 4.78 is 0. The monoisotopic (exact) mass is 464 g/mol. The summed E-state index contributed by atoms with van der Waals surface area (Å²) in [6, 6.07) is 15.8. The molecule has 0 aliphatic carbocycles. The second-order valence-corrected chi connectivity index (χ2v) is 9.50. The highest BCUT2D eigenvalue weighted by Gasteiger charge is 2.17. The molecule has 2 amide bonds.